The third-order valence-electron chi connectivity index (χ3n) is 1.93. The van der Waals surface area contributed by atoms with Gasteiger partial charge in [-0.05, 0) is 12.1 Å². The summed E-state index contributed by atoms with van der Waals surface area (Å²) in [5.41, 5.74) is -0.0841. The van der Waals surface area contributed by atoms with E-state index in [1.807, 2.05) is 0 Å². The molecule has 0 atom stereocenters. The molecule has 0 saturated carbocycles. The van der Waals surface area contributed by atoms with Crippen molar-refractivity contribution in [1.82, 2.24) is 5.32 Å². The Labute approximate surface area is 97.0 Å². The second-order valence-corrected chi connectivity index (χ2v) is 3.41. The monoisotopic (exact) mass is 242 g/mol. The predicted molar refractivity (Wildman–Crippen MR) is 58.3 cm³/mol. The van der Waals surface area contributed by atoms with E-state index in [0.717, 1.165) is 12.1 Å². The number of hydrogen-bond donors (Lipinski definition) is 2. The molecule has 0 aliphatic carbocycles. The van der Waals surface area contributed by atoms with E-state index in [4.69, 9.17) is 0 Å². The molecule has 0 aliphatic rings. The Bertz CT molecular complexity index is 435. The van der Waals surface area contributed by atoms with E-state index in [1.165, 1.54) is 6.92 Å². The minimum absolute atomic E-state index is 0.0242. The highest BCUT2D eigenvalue weighted by Gasteiger charge is 2.07. The first-order valence-electron chi connectivity index (χ1n) is 4.98. The minimum atomic E-state index is -0.835. The summed E-state index contributed by atoms with van der Waals surface area (Å²) in [6.07, 6.45) is 0.0242. The SMILES string of the molecule is CC(=O)NCCC(=O)Nc1ccc(F)cc1F. The van der Waals surface area contributed by atoms with Gasteiger partial charge in [0.15, 0.2) is 0 Å². The highest BCUT2D eigenvalue weighted by molar-refractivity contribution is 5.91. The van der Waals surface area contributed by atoms with Gasteiger partial charge >= 0.3 is 0 Å². The molecule has 0 heterocycles. The predicted octanol–water partition coefficient (Wildman–Crippen LogP) is 1.43. The topological polar surface area (TPSA) is 58.2 Å². The lowest BCUT2D eigenvalue weighted by molar-refractivity contribution is -0.119. The Hall–Kier alpha value is -1.98. The second kappa shape index (κ2) is 5.93. The average molecular weight is 242 g/mol. The number of carbonyl (C=O) groups is 2. The molecule has 6 heteroatoms. The van der Waals surface area contributed by atoms with Crippen LogP contribution < -0.4 is 10.6 Å². The molecule has 0 spiro atoms. The summed E-state index contributed by atoms with van der Waals surface area (Å²) in [5, 5.41) is 4.71. The van der Waals surface area contributed by atoms with Crippen LogP contribution in [0.4, 0.5) is 14.5 Å². The fourth-order valence-electron chi connectivity index (χ4n) is 1.16. The van der Waals surface area contributed by atoms with Crippen molar-refractivity contribution in [2.24, 2.45) is 0 Å². The fraction of sp³-hybridized carbons (Fsp3) is 0.273. The summed E-state index contributed by atoms with van der Waals surface area (Å²) in [6.45, 7) is 1.50. The van der Waals surface area contributed by atoms with Crippen molar-refractivity contribution >= 4 is 17.5 Å². The third kappa shape index (κ3) is 4.58. The summed E-state index contributed by atoms with van der Waals surface area (Å²) in [5.74, 6) is -2.24. The van der Waals surface area contributed by atoms with Gasteiger partial charge in [-0.1, -0.05) is 0 Å². The molecule has 0 aliphatic heterocycles. The lowest BCUT2D eigenvalue weighted by Crippen LogP contribution is -2.25. The summed E-state index contributed by atoms with van der Waals surface area (Å²) in [6, 6.07) is 2.87. The summed E-state index contributed by atoms with van der Waals surface area (Å²) in [4.78, 5) is 21.8. The van der Waals surface area contributed by atoms with Crippen LogP contribution in [0.2, 0.25) is 0 Å². The summed E-state index contributed by atoms with van der Waals surface area (Å²) in [7, 11) is 0. The molecule has 1 aromatic rings. The van der Waals surface area contributed by atoms with Gasteiger partial charge in [0.05, 0.1) is 5.69 Å². The van der Waals surface area contributed by atoms with E-state index in [9.17, 15) is 18.4 Å². The van der Waals surface area contributed by atoms with Gasteiger partial charge in [-0.15, -0.1) is 0 Å². The van der Waals surface area contributed by atoms with Crippen LogP contribution in [0.5, 0.6) is 0 Å². The molecule has 0 saturated heterocycles. The molecule has 4 nitrogen and oxygen atoms in total. The van der Waals surface area contributed by atoms with Gasteiger partial charge in [0.25, 0.3) is 0 Å². The van der Waals surface area contributed by atoms with E-state index in [0.29, 0.717) is 6.07 Å². The number of nitrogens with one attached hydrogen (secondary N) is 2. The normalized spacial score (nSPS) is 9.82. The number of benzene rings is 1. The number of amides is 2. The van der Waals surface area contributed by atoms with Gasteiger partial charge < -0.3 is 10.6 Å². The summed E-state index contributed by atoms with van der Waals surface area (Å²) < 4.78 is 25.7. The smallest absolute Gasteiger partial charge is 0.226 e. The standard InChI is InChI=1S/C11H12F2N2O2/c1-7(16)14-5-4-11(17)15-10-3-2-8(12)6-9(10)13/h2-3,6H,4-5H2,1H3,(H,14,16)(H,15,17). The van der Waals surface area contributed by atoms with Gasteiger partial charge in [-0.2, -0.15) is 0 Å². The Morgan fingerprint density at radius 1 is 1.29 bits per heavy atom. The Morgan fingerprint density at radius 2 is 2.00 bits per heavy atom. The van der Waals surface area contributed by atoms with Crippen molar-refractivity contribution in [1.29, 1.82) is 0 Å². The van der Waals surface area contributed by atoms with E-state index in [-0.39, 0.29) is 24.6 Å². The van der Waals surface area contributed by atoms with Gasteiger partial charge in [0.1, 0.15) is 11.6 Å². The zero-order valence-corrected chi connectivity index (χ0v) is 9.22. The molecule has 17 heavy (non-hydrogen) atoms. The molecular formula is C11H12F2N2O2. The first-order chi connectivity index (χ1) is 7.99. The third-order valence-corrected chi connectivity index (χ3v) is 1.93. The lowest BCUT2D eigenvalue weighted by atomic mass is 10.3. The maximum atomic E-state index is 13.1. The van der Waals surface area contributed by atoms with Crippen LogP contribution in [0.3, 0.4) is 0 Å². The van der Waals surface area contributed by atoms with Crippen molar-refractivity contribution in [3.8, 4) is 0 Å². The van der Waals surface area contributed by atoms with Gasteiger partial charge in [-0.25, -0.2) is 8.78 Å². The lowest BCUT2D eigenvalue weighted by Gasteiger charge is -2.06. The minimum Gasteiger partial charge on any atom is -0.356 e. The van der Waals surface area contributed by atoms with E-state index in [1.54, 1.807) is 0 Å². The largest absolute Gasteiger partial charge is 0.356 e. The zero-order chi connectivity index (χ0) is 12.8. The fourth-order valence-corrected chi connectivity index (χ4v) is 1.16. The molecule has 2 N–H and O–H groups in total. The molecule has 92 valence electrons. The van der Waals surface area contributed by atoms with Crippen LogP contribution in [0, 0.1) is 11.6 Å². The maximum absolute atomic E-state index is 13.1. The Kier molecular flexibility index (Phi) is 4.56. The number of anilines is 1. The molecule has 2 amide bonds. The highest BCUT2D eigenvalue weighted by Crippen LogP contribution is 2.14. The number of hydrogen-bond acceptors (Lipinski definition) is 2. The Morgan fingerprint density at radius 3 is 2.59 bits per heavy atom. The van der Waals surface area contributed by atoms with Crippen LogP contribution in [0.15, 0.2) is 18.2 Å². The van der Waals surface area contributed by atoms with Gasteiger partial charge in [0, 0.05) is 26.0 Å². The van der Waals surface area contributed by atoms with Crippen LogP contribution >= 0.6 is 0 Å². The van der Waals surface area contributed by atoms with Gasteiger partial charge in [0.2, 0.25) is 11.8 Å². The van der Waals surface area contributed by atoms with E-state index < -0.39 is 17.5 Å². The highest BCUT2D eigenvalue weighted by atomic mass is 19.1. The van der Waals surface area contributed by atoms with Crippen molar-refractivity contribution in [3.05, 3.63) is 29.8 Å². The Balaban J connectivity index is 2.48. The van der Waals surface area contributed by atoms with Crippen molar-refractivity contribution in [3.63, 3.8) is 0 Å². The van der Waals surface area contributed by atoms with Crippen molar-refractivity contribution in [2.75, 3.05) is 11.9 Å². The molecule has 0 radical (unpaired) electrons. The molecular weight excluding hydrogens is 230 g/mol. The molecule has 1 rings (SSSR count). The second-order valence-electron chi connectivity index (χ2n) is 3.41. The van der Waals surface area contributed by atoms with E-state index >= 15 is 0 Å². The van der Waals surface area contributed by atoms with E-state index in [2.05, 4.69) is 10.6 Å². The first kappa shape index (κ1) is 13.1. The number of rotatable bonds is 4. The zero-order valence-electron chi connectivity index (χ0n) is 9.22. The first-order valence-corrected chi connectivity index (χ1v) is 4.98. The molecule has 0 bridgehead atoms. The molecule has 0 unspecified atom stereocenters. The van der Waals surface area contributed by atoms with Crippen LogP contribution in [-0.2, 0) is 9.59 Å². The maximum Gasteiger partial charge on any atom is 0.226 e. The van der Waals surface area contributed by atoms with Crippen LogP contribution in [0.1, 0.15) is 13.3 Å². The van der Waals surface area contributed by atoms with Crippen LogP contribution in [0.25, 0.3) is 0 Å². The number of carbonyl (C=O) groups excluding carboxylic acids is 2. The molecule has 1 aromatic carbocycles. The average Bonchev–Trinajstić information content (AvgIpc) is 2.21. The quantitative estimate of drug-likeness (QED) is 0.839. The van der Waals surface area contributed by atoms with Gasteiger partial charge in [-0.3, -0.25) is 9.59 Å². The van der Waals surface area contributed by atoms with Crippen LogP contribution in [-0.4, -0.2) is 18.4 Å². The molecule has 0 fully saturated rings. The van der Waals surface area contributed by atoms with Crippen molar-refractivity contribution < 1.29 is 18.4 Å². The molecule has 0 aromatic heterocycles. The number of halogens is 2. The van der Waals surface area contributed by atoms with Crippen molar-refractivity contribution in [2.45, 2.75) is 13.3 Å². The summed E-state index contributed by atoms with van der Waals surface area (Å²) >= 11 is 0.